The van der Waals surface area contributed by atoms with E-state index in [2.05, 4.69) is 17.3 Å². The van der Waals surface area contributed by atoms with Gasteiger partial charge in [-0.2, -0.15) is 8.42 Å². The van der Waals surface area contributed by atoms with Crippen molar-refractivity contribution in [3.8, 4) is 5.75 Å². The summed E-state index contributed by atoms with van der Waals surface area (Å²) >= 11 is 6.71. The van der Waals surface area contributed by atoms with E-state index in [1.165, 1.54) is 17.7 Å². The molecule has 4 rings (SSSR count). The first-order chi connectivity index (χ1) is 17.8. The summed E-state index contributed by atoms with van der Waals surface area (Å²) in [5.74, 6) is 0.934. The van der Waals surface area contributed by atoms with E-state index in [0.717, 1.165) is 54.7 Å². The summed E-state index contributed by atoms with van der Waals surface area (Å²) in [6.45, 7) is 1.89. The standard InChI is InChI=1S/C28H30BClN2O4S/c1-19-8-14-24(15-9-19)37(33,34)36-32-22-7-5-3-4-6-21(16-20-10-12-23(35-2)13-11-20)28-25(17-22)27(30)26(29)18-31-28/h8-15,18,21H,3-7,16-17H2,1-2H3/b32-22+. The van der Waals surface area contributed by atoms with E-state index < -0.39 is 10.1 Å². The van der Waals surface area contributed by atoms with Gasteiger partial charge in [-0.3, -0.25) is 9.27 Å². The summed E-state index contributed by atoms with van der Waals surface area (Å²) in [6, 6.07) is 14.5. The molecule has 1 heterocycles. The number of fused-ring (bicyclic) bond motifs is 1. The normalized spacial score (nSPS) is 17.7. The van der Waals surface area contributed by atoms with E-state index in [1.807, 2.05) is 19.1 Å². The molecule has 9 heteroatoms. The molecule has 6 nitrogen and oxygen atoms in total. The number of rotatable bonds is 6. The molecule has 0 spiro atoms. The van der Waals surface area contributed by atoms with Crippen LogP contribution < -0.4 is 10.2 Å². The summed E-state index contributed by atoms with van der Waals surface area (Å²) in [5, 5.41) is 4.54. The van der Waals surface area contributed by atoms with Crippen LogP contribution in [0.3, 0.4) is 0 Å². The van der Waals surface area contributed by atoms with Crippen molar-refractivity contribution in [2.75, 3.05) is 7.11 Å². The van der Waals surface area contributed by atoms with Crippen LogP contribution in [0.25, 0.3) is 0 Å². The van der Waals surface area contributed by atoms with Gasteiger partial charge in [0.05, 0.1) is 12.8 Å². The number of ether oxygens (including phenoxy) is 1. The predicted molar refractivity (Wildman–Crippen MR) is 148 cm³/mol. The van der Waals surface area contributed by atoms with Crippen molar-refractivity contribution in [3.63, 3.8) is 0 Å². The van der Waals surface area contributed by atoms with Gasteiger partial charge in [0.2, 0.25) is 0 Å². The number of oxime groups is 1. The largest absolute Gasteiger partial charge is 0.497 e. The third-order valence-electron chi connectivity index (χ3n) is 6.67. The second-order valence-electron chi connectivity index (χ2n) is 9.42. The van der Waals surface area contributed by atoms with Gasteiger partial charge >= 0.3 is 10.1 Å². The van der Waals surface area contributed by atoms with Crippen LogP contribution in [0, 0.1) is 6.92 Å². The third kappa shape index (κ3) is 6.93. The topological polar surface area (TPSA) is 77.9 Å². The van der Waals surface area contributed by atoms with Crippen LogP contribution in [0.5, 0.6) is 5.75 Å². The molecule has 1 atom stereocenters. The van der Waals surface area contributed by atoms with Gasteiger partial charge in [0.1, 0.15) is 18.5 Å². The second kappa shape index (κ2) is 12.1. The van der Waals surface area contributed by atoms with E-state index in [4.69, 9.17) is 33.5 Å². The van der Waals surface area contributed by atoms with Gasteiger partial charge in [0.25, 0.3) is 0 Å². The smallest absolute Gasteiger partial charge is 0.358 e. The lowest BCUT2D eigenvalue weighted by atomic mass is 9.83. The van der Waals surface area contributed by atoms with Crippen molar-refractivity contribution in [2.45, 2.75) is 62.7 Å². The molecule has 37 heavy (non-hydrogen) atoms. The van der Waals surface area contributed by atoms with Crippen molar-refractivity contribution in [1.29, 1.82) is 0 Å². The Morgan fingerprint density at radius 2 is 1.81 bits per heavy atom. The highest BCUT2D eigenvalue weighted by molar-refractivity contribution is 7.86. The minimum absolute atomic E-state index is 0.0613. The van der Waals surface area contributed by atoms with Crippen LogP contribution in [-0.2, 0) is 27.2 Å². The molecular weight excluding hydrogens is 507 g/mol. The van der Waals surface area contributed by atoms with Crippen molar-refractivity contribution in [2.24, 2.45) is 5.16 Å². The van der Waals surface area contributed by atoms with Crippen LogP contribution >= 0.6 is 11.6 Å². The number of methoxy groups -OCH3 is 1. The fraction of sp³-hybridized carbons (Fsp3) is 0.357. The molecule has 0 fully saturated rings. The first-order valence-electron chi connectivity index (χ1n) is 12.4. The van der Waals surface area contributed by atoms with E-state index >= 15 is 0 Å². The lowest BCUT2D eigenvalue weighted by molar-refractivity contribution is 0.336. The number of aryl methyl sites for hydroxylation is 1. The maximum atomic E-state index is 12.7. The zero-order valence-electron chi connectivity index (χ0n) is 21.1. The quantitative estimate of drug-likeness (QED) is 0.310. The third-order valence-corrected chi connectivity index (χ3v) is 8.24. The number of aromatic nitrogens is 1. The van der Waals surface area contributed by atoms with Gasteiger partial charge in [-0.05, 0) is 68.0 Å². The Bertz CT molecular complexity index is 1360. The minimum atomic E-state index is -4.04. The molecule has 0 amide bonds. The average Bonchev–Trinajstić information content (AvgIpc) is 2.89. The van der Waals surface area contributed by atoms with Crippen molar-refractivity contribution < 1.29 is 17.4 Å². The van der Waals surface area contributed by atoms with E-state index in [0.29, 0.717) is 29.0 Å². The molecule has 1 aromatic heterocycles. The molecule has 0 aliphatic heterocycles. The lowest BCUT2D eigenvalue weighted by Gasteiger charge is -2.23. The fourth-order valence-electron chi connectivity index (χ4n) is 4.58. The molecule has 0 saturated heterocycles. The van der Waals surface area contributed by atoms with Crippen molar-refractivity contribution in [3.05, 3.63) is 82.1 Å². The highest BCUT2D eigenvalue weighted by atomic mass is 35.5. The van der Waals surface area contributed by atoms with E-state index in [9.17, 15) is 8.42 Å². The molecule has 192 valence electrons. The molecule has 1 aliphatic rings. The summed E-state index contributed by atoms with van der Waals surface area (Å²) in [5.41, 5.74) is 4.75. The van der Waals surface area contributed by atoms with Crippen molar-refractivity contribution in [1.82, 2.24) is 4.98 Å². The summed E-state index contributed by atoms with van der Waals surface area (Å²) in [7, 11) is 3.75. The molecular formula is C28H30BClN2O4S. The van der Waals surface area contributed by atoms with Gasteiger partial charge in [0.15, 0.2) is 0 Å². The number of hydrogen-bond acceptors (Lipinski definition) is 6. The maximum Gasteiger partial charge on any atom is 0.358 e. The van der Waals surface area contributed by atoms with E-state index in [-0.39, 0.29) is 10.8 Å². The summed E-state index contributed by atoms with van der Waals surface area (Å²) in [6.07, 6.45) is 7.10. The zero-order chi connectivity index (χ0) is 26.4. The Hall–Kier alpha value is -2.84. The Labute approximate surface area is 225 Å². The Balaban J connectivity index is 1.65. The monoisotopic (exact) mass is 536 g/mol. The maximum absolute atomic E-state index is 12.7. The van der Waals surface area contributed by atoms with Crippen LogP contribution in [-0.4, -0.2) is 34.1 Å². The SMILES string of the molecule is [B]c1cnc2c(c1Cl)C/C(=N/OS(=O)(=O)c1ccc(C)cc1)CCCCCC2Cc1ccc(OC)cc1. The Kier molecular flexibility index (Phi) is 8.93. The zero-order valence-corrected chi connectivity index (χ0v) is 22.7. The molecule has 0 saturated carbocycles. The minimum Gasteiger partial charge on any atom is -0.497 e. The van der Waals surface area contributed by atoms with Gasteiger partial charge in [0, 0.05) is 29.3 Å². The molecule has 0 bridgehead atoms. The number of pyridine rings is 1. The van der Waals surface area contributed by atoms with Gasteiger partial charge in [-0.1, -0.05) is 64.9 Å². The number of halogens is 1. The first-order valence-corrected chi connectivity index (χ1v) is 14.2. The van der Waals surface area contributed by atoms with Crippen LogP contribution in [0.4, 0.5) is 0 Å². The molecule has 2 aromatic carbocycles. The summed E-state index contributed by atoms with van der Waals surface area (Å²) in [4.78, 5) is 4.78. The highest BCUT2D eigenvalue weighted by Crippen LogP contribution is 2.33. The average molecular weight is 537 g/mol. The first kappa shape index (κ1) is 27.2. The van der Waals surface area contributed by atoms with E-state index in [1.54, 1.807) is 25.4 Å². The fourth-order valence-corrected chi connectivity index (χ4v) is 5.55. The molecule has 0 N–H and O–H groups in total. The van der Waals surface area contributed by atoms with Crippen LogP contribution in [0.15, 0.2) is 64.8 Å². The lowest BCUT2D eigenvalue weighted by Crippen LogP contribution is -2.20. The molecule has 1 aliphatic carbocycles. The Morgan fingerprint density at radius 3 is 2.51 bits per heavy atom. The van der Waals surface area contributed by atoms with Crippen LogP contribution in [0.2, 0.25) is 5.02 Å². The molecule has 1 unspecified atom stereocenters. The van der Waals surface area contributed by atoms with Crippen LogP contribution in [0.1, 0.15) is 60.4 Å². The molecule has 2 radical (unpaired) electrons. The predicted octanol–water partition coefficient (Wildman–Crippen LogP) is 5.44. The van der Waals surface area contributed by atoms with Crippen molar-refractivity contribution >= 4 is 40.7 Å². The molecule has 3 aromatic rings. The summed E-state index contributed by atoms with van der Waals surface area (Å²) < 4.78 is 35.9. The number of hydrogen-bond donors (Lipinski definition) is 0. The number of benzene rings is 2. The highest BCUT2D eigenvalue weighted by Gasteiger charge is 2.24. The van der Waals surface area contributed by atoms with Gasteiger partial charge in [-0.15, -0.1) is 0 Å². The Morgan fingerprint density at radius 1 is 1.08 bits per heavy atom. The van der Waals surface area contributed by atoms with Gasteiger partial charge < -0.3 is 4.74 Å². The second-order valence-corrected chi connectivity index (χ2v) is 11.3. The van der Waals surface area contributed by atoms with Gasteiger partial charge in [-0.25, -0.2) is 0 Å². The number of nitrogens with zero attached hydrogens (tertiary/aromatic N) is 2.